The molecule has 1 amide bonds. The Labute approximate surface area is 74.7 Å². The lowest BCUT2D eigenvalue weighted by Gasteiger charge is -2.32. The second-order valence-corrected chi connectivity index (χ2v) is 2.64. The number of rotatable bonds is 0. The molecule has 0 N–H and O–H groups in total. The molecule has 0 aromatic carbocycles. The van der Waals surface area contributed by atoms with E-state index in [4.69, 9.17) is 4.74 Å². The van der Waals surface area contributed by atoms with E-state index in [1.165, 1.54) is 0 Å². The third-order valence-corrected chi connectivity index (χ3v) is 1.77. The van der Waals surface area contributed by atoms with Gasteiger partial charge in [0.2, 0.25) is 5.91 Å². The highest BCUT2D eigenvalue weighted by atomic mass is 16.5. The maximum Gasteiger partial charge on any atom is 0.219 e. The van der Waals surface area contributed by atoms with Crippen molar-refractivity contribution in [3.05, 3.63) is 0 Å². The normalized spacial score (nSPS) is 22.7. The van der Waals surface area contributed by atoms with E-state index in [0.717, 1.165) is 6.54 Å². The van der Waals surface area contributed by atoms with Gasteiger partial charge in [0.15, 0.2) is 0 Å². The highest BCUT2D eigenvalue weighted by Gasteiger charge is 2.19. The van der Waals surface area contributed by atoms with Crippen LogP contribution in [-0.2, 0) is 9.53 Å². The Morgan fingerprint density at radius 1 is 1.50 bits per heavy atom. The molecule has 0 aromatic rings. The molecule has 0 spiro atoms. The lowest BCUT2D eigenvalue weighted by molar-refractivity contribution is -0.136. The fraction of sp³-hybridized carbons (Fsp3) is 0.889. The van der Waals surface area contributed by atoms with Crippen LogP contribution in [0.2, 0.25) is 0 Å². The summed E-state index contributed by atoms with van der Waals surface area (Å²) in [6, 6.07) is 0.256. The number of amides is 1. The van der Waals surface area contributed by atoms with Crippen LogP contribution < -0.4 is 0 Å². The van der Waals surface area contributed by atoms with Crippen LogP contribution >= 0.6 is 0 Å². The predicted molar refractivity (Wildman–Crippen MR) is 49.0 cm³/mol. The SMILES string of the molecule is CC.CC(=O)N1CCOC[C@H]1C. The summed E-state index contributed by atoms with van der Waals surface area (Å²) in [6.45, 7) is 9.71. The Bertz CT molecular complexity index is 136. The van der Waals surface area contributed by atoms with Gasteiger partial charge in [-0.2, -0.15) is 0 Å². The fourth-order valence-electron chi connectivity index (χ4n) is 1.19. The topological polar surface area (TPSA) is 29.5 Å². The number of nitrogens with zero attached hydrogens (tertiary/aromatic N) is 1. The Morgan fingerprint density at radius 2 is 2.08 bits per heavy atom. The van der Waals surface area contributed by atoms with Gasteiger partial charge in [0.05, 0.1) is 19.3 Å². The molecule has 0 bridgehead atoms. The molecule has 1 heterocycles. The number of morpholine rings is 1. The smallest absolute Gasteiger partial charge is 0.219 e. The molecule has 0 unspecified atom stereocenters. The van der Waals surface area contributed by atoms with Gasteiger partial charge in [-0.3, -0.25) is 4.79 Å². The Kier molecular flexibility index (Phi) is 5.72. The number of carbonyl (C=O) groups is 1. The summed E-state index contributed by atoms with van der Waals surface area (Å²) in [5.41, 5.74) is 0. The average molecular weight is 173 g/mol. The zero-order valence-corrected chi connectivity index (χ0v) is 8.46. The summed E-state index contributed by atoms with van der Waals surface area (Å²) in [7, 11) is 0. The van der Waals surface area contributed by atoms with Crippen molar-refractivity contribution >= 4 is 5.91 Å². The molecule has 3 nitrogen and oxygen atoms in total. The molecule has 1 saturated heterocycles. The maximum absolute atomic E-state index is 10.9. The molecule has 0 aromatic heterocycles. The molecule has 0 aliphatic carbocycles. The highest BCUT2D eigenvalue weighted by Crippen LogP contribution is 2.05. The van der Waals surface area contributed by atoms with Crippen LogP contribution in [0.25, 0.3) is 0 Å². The van der Waals surface area contributed by atoms with E-state index in [2.05, 4.69) is 0 Å². The summed E-state index contributed by atoms with van der Waals surface area (Å²) < 4.78 is 5.17. The maximum atomic E-state index is 10.9. The summed E-state index contributed by atoms with van der Waals surface area (Å²) in [6.07, 6.45) is 0. The first kappa shape index (κ1) is 11.4. The van der Waals surface area contributed by atoms with E-state index < -0.39 is 0 Å². The second-order valence-electron chi connectivity index (χ2n) is 2.64. The lowest BCUT2D eigenvalue weighted by atomic mass is 10.2. The van der Waals surface area contributed by atoms with Crippen LogP contribution in [0.5, 0.6) is 0 Å². The van der Waals surface area contributed by atoms with Crippen molar-refractivity contribution in [2.45, 2.75) is 33.7 Å². The molecular formula is C9H19NO2. The minimum Gasteiger partial charge on any atom is -0.377 e. The number of ether oxygens (including phenoxy) is 1. The van der Waals surface area contributed by atoms with E-state index in [9.17, 15) is 4.79 Å². The monoisotopic (exact) mass is 173 g/mol. The molecule has 72 valence electrons. The van der Waals surface area contributed by atoms with E-state index in [0.29, 0.717) is 13.2 Å². The molecular weight excluding hydrogens is 154 g/mol. The van der Waals surface area contributed by atoms with Gasteiger partial charge in [-0.05, 0) is 6.92 Å². The van der Waals surface area contributed by atoms with E-state index in [1.54, 1.807) is 6.92 Å². The van der Waals surface area contributed by atoms with Crippen molar-refractivity contribution in [1.82, 2.24) is 4.90 Å². The first-order chi connectivity index (χ1) is 5.72. The quantitative estimate of drug-likeness (QED) is 0.552. The number of hydrogen-bond donors (Lipinski definition) is 0. The van der Waals surface area contributed by atoms with Crippen molar-refractivity contribution < 1.29 is 9.53 Å². The molecule has 1 aliphatic rings. The minimum atomic E-state index is 0.149. The van der Waals surface area contributed by atoms with E-state index in [1.807, 2.05) is 25.7 Å². The van der Waals surface area contributed by atoms with Gasteiger partial charge in [-0.25, -0.2) is 0 Å². The van der Waals surface area contributed by atoms with Gasteiger partial charge >= 0.3 is 0 Å². The second kappa shape index (κ2) is 6.00. The minimum absolute atomic E-state index is 0.149. The van der Waals surface area contributed by atoms with Crippen LogP contribution in [0, 0.1) is 0 Å². The van der Waals surface area contributed by atoms with Gasteiger partial charge in [0.25, 0.3) is 0 Å². The van der Waals surface area contributed by atoms with Gasteiger partial charge in [0, 0.05) is 13.5 Å². The average Bonchev–Trinajstić information content (AvgIpc) is 2.08. The Balaban J connectivity index is 0.000000561. The third-order valence-electron chi connectivity index (χ3n) is 1.77. The predicted octanol–water partition coefficient (Wildman–Crippen LogP) is 1.28. The fourth-order valence-corrected chi connectivity index (χ4v) is 1.19. The molecule has 12 heavy (non-hydrogen) atoms. The van der Waals surface area contributed by atoms with Gasteiger partial charge in [-0.1, -0.05) is 13.8 Å². The van der Waals surface area contributed by atoms with Gasteiger partial charge in [0.1, 0.15) is 0 Å². The first-order valence-corrected chi connectivity index (χ1v) is 4.57. The molecule has 0 saturated carbocycles. The van der Waals surface area contributed by atoms with Gasteiger partial charge in [-0.15, -0.1) is 0 Å². The molecule has 1 rings (SSSR count). The van der Waals surface area contributed by atoms with Crippen LogP contribution in [0.1, 0.15) is 27.7 Å². The molecule has 1 aliphatic heterocycles. The molecule has 1 atom stereocenters. The van der Waals surface area contributed by atoms with E-state index >= 15 is 0 Å². The van der Waals surface area contributed by atoms with Crippen molar-refractivity contribution in [1.29, 1.82) is 0 Å². The van der Waals surface area contributed by atoms with Crippen LogP contribution in [0.4, 0.5) is 0 Å². The Morgan fingerprint density at radius 3 is 2.42 bits per heavy atom. The zero-order valence-electron chi connectivity index (χ0n) is 8.46. The van der Waals surface area contributed by atoms with E-state index in [-0.39, 0.29) is 11.9 Å². The summed E-state index contributed by atoms with van der Waals surface area (Å²) in [4.78, 5) is 12.7. The summed E-state index contributed by atoms with van der Waals surface area (Å²) >= 11 is 0. The van der Waals surface area contributed by atoms with Gasteiger partial charge < -0.3 is 9.64 Å². The third kappa shape index (κ3) is 3.22. The summed E-state index contributed by atoms with van der Waals surface area (Å²) in [5.74, 6) is 0.149. The molecule has 1 fully saturated rings. The van der Waals surface area contributed by atoms with Crippen LogP contribution in [0.15, 0.2) is 0 Å². The Hall–Kier alpha value is -0.570. The molecule has 3 heteroatoms. The lowest BCUT2D eigenvalue weighted by Crippen LogP contribution is -2.46. The first-order valence-electron chi connectivity index (χ1n) is 4.57. The van der Waals surface area contributed by atoms with Crippen molar-refractivity contribution in [2.24, 2.45) is 0 Å². The van der Waals surface area contributed by atoms with Crippen LogP contribution in [-0.4, -0.2) is 36.6 Å². The van der Waals surface area contributed by atoms with Crippen molar-refractivity contribution in [3.8, 4) is 0 Å². The zero-order chi connectivity index (χ0) is 9.56. The standard InChI is InChI=1S/C7H13NO2.C2H6/c1-6-5-10-4-3-8(6)7(2)9;1-2/h6H,3-5H2,1-2H3;1-2H3/t6-;/m1./s1. The van der Waals surface area contributed by atoms with Crippen molar-refractivity contribution in [2.75, 3.05) is 19.8 Å². The number of carbonyl (C=O) groups excluding carboxylic acids is 1. The summed E-state index contributed by atoms with van der Waals surface area (Å²) in [5, 5.41) is 0. The van der Waals surface area contributed by atoms with Crippen molar-refractivity contribution in [3.63, 3.8) is 0 Å². The largest absolute Gasteiger partial charge is 0.377 e. The number of hydrogen-bond acceptors (Lipinski definition) is 2. The molecule has 0 radical (unpaired) electrons. The van der Waals surface area contributed by atoms with Crippen LogP contribution in [0.3, 0.4) is 0 Å². The highest BCUT2D eigenvalue weighted by molar-refractivity contribution is 5.73.